The van der Waals surface area contributed by atoms with Crippen molar-refractivity contribution in [1.29, 1.82) is 10.7 Å². The van der Waals surface area contributed by atoms with Crippen LogP contribution in [0.15, 0.2) is 36.7 Å². The van der Waals surface area contributed by atoms with Gasteiger partial charge in [0, 0.05) is 24.8 Å². The second kappa shape index (κ2) is 7.38. The van der Waals surface area contributed by atoms with E-state index >= 15 is 4.39 Å². The van der Waals surface area contributed by atoms with E-state index in [4.69, 9.17) is 10.7 Å². The minimum atomic E-state index is -3.96. The maximum absolute atomic E-state index is 15.5. The fraction of sp³-hybridized carbons (Fsp3) is 0.200. The lowest BCUT2D eigenvalue weighted by Crippen LogP contribution is -2.61. The number of anilines is 2. The number of nitriles is 1. The highest BCUT2D eigenvalue weighted by atomic mass is 32.2. The fourth-order valence-corrected chi connectivity index (χ4v) is 5.07. The van der Waals surface area contributed by atoms with E-state index in [-0.39, 0.29) is 11.5 Å². The van der Waals surface area contributed by atoms with E-state index in [1.165, 1.54) is 26.4 Å². The Labute approximate surface area is 182 Å². The molecule has 12 heteroatoms. The van der Waals surface area contributed by atoms with Gasteiger partial charge in [-0.25, -0.2) is 26.5 Å². The first-order valence-electron chi connectivity index (χ1n) is 9.29. The van der Waals surface area contributed by atoms with E-state index in [1.807, 2.05) is 6.07 Å². The Morgan fingerprint density at radius 2 is 2.06 bits per heavy atom. The van der Waals surface area contributed by atoms with Gasteiger partial charge in [0.2, 0.25) is 16.0 Å². The van der Waals surface area contributed by atoms with Crippen LogP contribution in [0.1, 0.15) is 18.1 Å². The van der Waals surface area contributed by atoms with Crippen LogP contribution in [0.5, 0.6) is 0 Å². The summed E-state index contributed by atoms with van der Waals surface area (Å²) in [5.41, 5.74) is -1.69. The Bertz CT molecular complexity index is 1420. The number of hydrogen-bond acceptors (Lipinski definition) is 7. The van der Waals surface area contributed by atoms with Gasteiger partial charge < -0.3 is 10.6 Å². The molecular weight excluding hydrogens is 440 g/mol. The molecule has 9 nitrogen and oxygen atoms in total. The van der Waals surface area contributed by atoms with Crippen molar-refractivity contribution in [3.8, 4) is 6.07 Å². The van der Waals surface area contributed by atoms with Crippen LogP contribution in [-0.4, -0.2) is 41.5 Å². The molecular formula is C20H17F2N7O2S. The molecule has 1 atom stereocenters. The van der Waals surface area contributed by atoms with Crippen molar-refractivity contribution in [1.82, 2.24) is 19.6 Å². The number of fused-ring (bicyclic) bond motifs is 1. The van der Waals surface area contributed by atoms with E-state index in [0.29, 0.717) is 20.8 Å². The molecule has 3 heterocycles. The van der Waals surface area contributed by atoms with Crippen LogP contribution in [0.25, 0.3) is 10.9 Å². The minimum Gasteiger partial charge on any atom is -0.345 e. The summed E-state index contributed by atoms with van der Waals surface area (Å²) in [6.45, 7) is 1.32. The zero-order valence-electron chi connectivity index (χ0n) is 16.9. The van der Waals surface area contributed by atoms with E-state index in [9.17, 15) is 12.8 Å². The summed E-state index contributed by atoms with van der Waals surface area (Å²) >= 11 is 0. The van der Waals surface area contributed by atoms with Gasteiger partial charge in [0.25, 0.3) is 0 Å². The van der Waals surface area contributed by atoms with Crippen molar-refractivity contribution >= 4 is 38.4 Å². The molecule has 0 spiro atoms. The second-order valence-electron chi connectivity index (χ2n) is 7.51. The molecule has 1 saturated heterocycles. The van der Waals surface area contributed by atoms with Crippen molar-refractivity contribution < 1.29 is 17.2 Å². The van der Waals surface area contributed by atoms with Crippen LogP contribution in [-0.2, 0) is 15.6 Å². The van der Waals surface area contributed by atoms with Crippen LogP contribution in [0.3, 0.4) is 0 Å². The van der Waals surface area contributed by atoms with Gasteiger partial charge in [-0.05, 0) is 31.2 Å². The Morgan fingerprint density at radius 3 is 2.75 bits per heavy atom. The van der Waals surface area contributed by atoms with Crippen molar-refractivity contribution in [3.05, 3.63) is 59.4 Å². The third kappa shape index (κ3) is 3.46. The van der Waals surface area contributed by atoms with E-state index in [1.54, 1.807) is 12.1 Å². The Balaban J connectivity index is 1.80. The molecule has 2 aromatic heterocycles. The highest BCUT2D eigenvalue weighted by Crippen LogP contribution is 2.35. The topological polar surface area (TPSA) is 135 Å². The monoisotopic (exact) mass is 457 g/mol. The van der Waals surface area contributed by atoms with Crippen LogP contribution in [0, 0.1) is 28.4 Å². The van der Waals surface area contributed by atoms with Gasteiger partial charge in [-0.15, -0.1) is 0 Å². The van der Waals surface area contributed by atoms with Crippen molar-refractivity contribution in [3.63, 3.8) is 0 Å². The van der Waals surface area contributed by atoms with Crippen molar-refractivity contribution in [2.45, 2.75) is 12.5 Å². The number of benzene rings is 1. The lowest BCUT2D eigenvalue weighted by molar-refractivity contribution is 0.385. The summed E-state index contributed by atoms with van der Waals surface area (Å²) in [6, 6.07) is 7.39. The van der Waals surface area contributed by atoms with E-state index < -0.39 is 44.5 Å². The first-order valence-corrected chi connectivity index (χ1v) is 10.9. The molecule has 1 aliphatic rings. The standard InChI is InChI=1S/C20H17F2N7O2S/c1-20(10-32(30,31)29(2)19(24)28-20)15-13(21)3-4-14(16(15)22)27-18-17-12(5-6-25-18)7-11(8-23)9-26-17/h3-7,9H,10H2,1-2H3,(H2,24,28)(H,25,27)/t20-/m0/s1. The highest BCUT2D eigenvalue weighted by Gasteiger charge is 2.45. The highest BCUT2D eigenvalue weighted by molar-refractivity contribution is 7.89. The molecule has 1 aliphatic heterocycles. The Hall–Kier alpha value is -3.85. The molecule has 0 aliphatic carbocycles. The number of aromatic nitrogens is 2. The molecule has 0 unspecified atom stereocenters. The summed E-state index contributed by atoms with van der Waals surface area (Å²) in [5.74, 6) is -2.96. The number of nitrogens with one attached hydrogen (secondary N) is 3. The number of nitrogens with zero attached hydrogens (tertiary/aromatic N) is 4. The van der Waals surface area contributed by atoms with Gasteiger partial charge in [-0.2, -0.15) is 5.26 Å². The lowest BCUT2D eigenvalue weighted by atomic mass is 9.92. The molecule has 1 fully saturated rings. The number of sulfonamides is 1. The minimum absolute atomic E-state index is 0.154. The first-order chi connectivity index (χ1) is 15.1. The zero-order chi connectivity index (χ0) is 23.3. The SMILES string of the molecule is CN1C(=N)N[C@](C)(c2c(F)ccc(Nc3nccc4cc(C#N)cnc34)c2F)CS1(=O)=O. The Morgan fingerprint density at radius 1 is 1.31 bits per heavy atom. The Kier molecular flexibility index (Phi) is 4.93. The molecule has 1 aromatic carbocycles. The summed E-state index contributed by atoms with van der Waals surface area (Å²) in [5, 5.41) is 22.9. The third-order valence-electron chi connectivity index (χ3n) is 5.22. The number of rotatable bonds is 3. The summed E-state index contributed by atoms with van der Waals surface area (Å²) < 4.78 is 55.9. The zero-order valence-corrected chi connectivity index (χ0v) is 17.8. The number of pyridine rings is 2. The van der Waals surface area contributed by atoms with Crippen LogP contribution in [0.4, 0.5) is 20.3 Å². The molecule has 164 valence electrons. The quantitative estimate of drug-likeness (QED) is 0.550. The number of halogens is 2. The van der Waals surface area contributed by atoms with Gasteiger partial charge in [0.1, 0.15) is 17.4 Å². The predicted octanol–water partition coefficient (Wildman–Crippen LogP) is 2.54. The molecule has 0 amide bonds. The van der Waals surface area contributed by atoms with Crippen LogP contribution >= 0.6 is 0 Å². The third-order valence-corrected chi connectivity index (χ3v) is 7.18. The number of hydrogen-bond donors (Lipinski definition) is 3. The maximum Gasteiger partial charge on any atom is 0.239 e. The van der Waals surface area contributed by atoms with Gasteiger partial charge in [0.05, 0.1) is 28.1 Å². The molecule has 0 radical (unpaired) electrons. The largest absolute Gasteiger partial charge is 0.345 e. The van der Waals surface area contributed by atoms with Gasteiger partial charge in [0.15, 0.2) is 11.6 Å². The van der Waals surface area contributed by atoms with Gasteiger partial charge in [-0.1, -0.05) is 0 Å². The number of guanidine groups is 1. The van der Waals surface area contributed by atoms with E-state index in [2.05, 4.69) is 20.6 Å². The van der Waals surface area contributed by atoms with Crippen LogP contribution in [0.2, 0.25) is 0 Å². The molecule has 3 aromatic rings. The van der Waals surface area contributed by atoms with Crippen molar-refractivity contribution in [2.75, 3.05) is 18.1 Å². The predicted molar refractivity (Wildman–Crippen MR) is 114 cm³/mol. The maximum atomic E-state index is 15.5. The lowest BCUT2D eigenvalue weighted by Gasteiger charge is -2.40. The van der Waals surface area contributed by atoms with Crippen molar-refractivity contribution in [2.24, 2.45) is 0 Å². The molecule has 3 N–H and O–H groups in total. The first kappa shape index (κ1) is 21.4. The van der Waals surface area contributed by atoms with Crippen LogP contribution < -0.4 is 10.6 Å². The smallest absolute Gasteiger partial charge is 0.239 e. The average Bonchev–Trinajstić information content (AvgIpc) is 2.73. The summed E-state index contributed by atoms with van der Waals surface area (Å²) in [6.07, 6.45) is 2.80. The summed E-state index contributed by atoms with van der Waals surface area (Å²) in [4.78, 5) is 8.35. The van der Waals surface area contributed by atoms with E-state index in [0.717, 1.165) is 12.1 Å². The van der Waals surface area contributed by atoms with Gasteiger partial charge >= 0.3 is 0 Å². The molecule has 4 rings (SSSR count). The molecule has 0 bridgehead atoms. The molecule has 0 saturated carbocycles. The fourth-order valence-electron chi connectivity index (χ4n) is 3.61. The van der Waals surface area contributed by atoms with Gasteiger partial charge in [-0.3, -0.25) is 10.4 Å². The summed E-state index contributed by atoms with van der Waals surface area (Å²) in [7, 11) is -2.78. The second-order valence-corrected chi connectivity index (χ2v) is 9.51. The molecule has 32 heavy (non-hydrogen) atoms. The average molecular weight is 457 g/mol. The normalized spacial score (nSPS) is 20.0.